The molecule has 7 nitrogen and oxygen atoms in total. The van der Waals surface area contributed by atoms with E-state index >= 15 is 0 Å². The van der Waals surface area contributed by atoms with Gasteiger partial charge in [0.05, 0.1) is 14.1 Å². The Labute approximate surface area is 141 Å². The number of hydrogen-bond donors (Lipinski definition) is 2. The third-order valence-corrected chi connectivity index (χ3v) is 3.32. The van der Waals surface area contributed by atoms with E-state index in [1.54, 1.807) is 52.2 Å². The zero-order chi connectivity index (χ0) is 18.4. The van der Waals surface area contributed by atoms with Crippen LogP contribution in [0.25, 0.3) is 0 Å². The second kappa shape index (κ2) is 7.92. The van der Waals surface area contributed by atoms with Gasteiger partial charge in [-0.1, -0.05) is 30.3 Å². The fraction of sp³-hybridized carbons (Fsp3) is 0.471. The number of quaternary nitrogens is 1. The monoisotopic (exact) mass is 337 g/mol. The number of ether oxygens (including phenoxy) is 1. The minimum atomic E-state index is -1.14. The molecule has 0 spiro atoms. The number of alkyl carbamates (subject to hydrolysis) is 1. The van der Waals surface area contributed by atoms with E-state index in [0.717, 1.165) is 12.0 Å². The molecule has 0 unspecified atom stereocenters. The third kappa shape index (κ3) is 6.78. The first-order valence-corrected chi connectivity index (χ1v) is 7.60. The Morgan fingerprint density at radius 1 is 1.29 bits per heavy atom. The number of carbonyl (C=O) groups excluding carboxylic acids is 2. The maximum atomic E-state index is 12.0. The summed E-state index contributed by atoms with van der Waals surface area (Å²) in [6.45, 7) is 3.60. The molecule has 1 atom stereocenters. The van der Waals surface area contributed by atoms with Gasteiger partial charge in [-0.15, -0.1) is 0 Å². The average molecular weight is 337 g/mol. The number of benzene rings is 1. The van der Waals surface area contributed by atoms with Gasteiger partial charge in [-0.05, 0) is 19.4 Å². The Kier molecular flexibility index (Phi) is 6.48. The summed E-state index contributed by atoms with van der Waals surface area (Å²) in [4.78, 5) is 34.4. The van der Waals surface area contributed by atoms with Crippen molar-refractivity contribution >= 4 is 18.5 Å². The number of amides is 2. The predicted molar refractivity (Wildman–Crippen MR) is 88.3 cm³/mol. The summed E-state index contributed by atoms with van der Waals surface area (Å²) in [7, 11) is 3.37. The summed E-state index contributed by atoms with van der Waals surface area (Å²) in [5, 5.41) is 11.7. The lowest BCUT2D eigenvalue weighted by molar-refractivity contribution is -0.811. The number of nitrogens with zero attached hydrogens (tertiary/aromatic N) is 1. The van der Waals surface area contributed by atoms with Gasteiger partial charge in [0.25, 0.3) is 0 Å². The Bertz CT molecular complexity index is 584. The van der Waals surface area contributed by atoms with Crippen molar-refractivity contribution in [3.63, 3.8) is 0 Å². The minimum absolute atomic E-state index is 0.0205. The van der Waals surface area contributed by atoms with E-state index in [-0.39, 0.29) is 17.4 Å². The fourth-order valence-corrected chi connectivity index (χ4v) is 2.52. The Morgan fingerprint density at radius 2 is 1.88 bits per heavy atom. The number of hydrogen-bond acceptors (Lipinski definition) is 4. The van der Waals surface area contributed by atoms with Gasteiger partial charge in [0.1, 0.15) is 12.6 Å². The van der Waals surface area contributed by atoms with Crippen LogP contribution >= 0.6 is 0 Å². The number of carboxylic acids is 1. The molecule has 0 saturated carbocycles. The highest BCUT2D eigenvalue weighted by Crippen LogP contribution is 2.14. The molecule has 1 rings (SSSR count). The van der Waals surface area contributed by atoms with E-state index in [0.29, 0.717) is 0 Å². The van der Waals surface area contributed by atoms with Crippen molar-refractivity contribution in [3.8, 4) is 0 Å². The third-order valence-electron chi connectivity index (χ3n) is 3.32. The van der Waals surface area contributed by atoms with Gasteiger partial charge in [0.15, 0.2) is 5.60 Å². The second-order valence-electron chi connectivity index (χ2n) is 6.92. The van der Waals surface area contributed by atoms with E-state index < -0.39 is 23.7 Å². The van der Waals surface area contributed by atoms with Crippen LogP contribution in [0.1, 0.15) is 19.4 Å². The number of aliphatic carboxylic acids is 1. The zero-order valence-corrected chi connectivity index (χ0v) is 14.5. The van der Waals surface area contributed by atoms with Gasteiger partial charge >= 0.3 is 18.5 Å². The first-order valence-electron chi connectivity index (χ1n) is 7.60. The normalized spacial score (nSPS) is 13.0. The molecular weight excluding hydrogens is 312 g/mol. The van der Waals surface area contributed by atoms with Crippen molar-refractivity contribution < 1.29 is 28.7 Å². The maximum Gasteiger partial charge on any atom is 0.408 e. The van der Waals surface area contributed by atoms with Gasteiger partial charge in [-0.25, -0.2) is 14.4 Å². The molecule has 0 bridgehead atoms. The zero-order valence-electron chi connectivity index (χ0n) is 14.5. The van der Waals surface area contributed by atoms with Crippen molar-refractivity contribution in [1.29, 1.82) is 0 Å². The van der Waals surface area contributed by atoms with Crippen LogP contribution in [0, 0.1) is 0 Å². The molecule has 0 radical (unpaired) electrons. The van der Waals surface area contributed by atoms with Crippen LogP contribution in [0.5, 0.6) is 0 Å². The molecule has 1 aromatic rings. The van der Waals surface area contributed by atoms with Crippen molar-refractivity contribution in [3.05, 3.63) is 35.9 Å². The quantitative estimate of drug-likeness (QED) is 0.553. The predicted octanol–water partition coefficient (Wildman–Crippen LogP) is 1.42. The molecule has 1 aromatic carbocycles. The average Bonchev–Trinajstić information content (AvgIpc) is 2.45. The molecule has 0 fully saturated rings. The van der Waals surface area contributed by atoms with Crippen molar-refractivity contribution in [2.24, 2.45) is 0 Å². The van der Waals surface area contributed by atoms with Gasteiger partial charge in [-0.2, -0.15) is 0 Å². The van der Waals surface area contributed by atoms with E-state index in [2.05, 4.69) is 5.32 Å². The van der Waals surface area contributed by atoms with E-state index in [1.807, 2.05) is 6.07 Å². The van der Waals surface area contributed by atoms with Gasteiger partial charge < -0.3 is 15.2 Å². The molecule has 0 heterocycles. The summed E-state index contributed by atoms with van der Waals surface area (Å²) >= 11 is 0. The first kappa shape index (κ1) is 19.6. The summed E-state index contributed by atoms with van der Waals surface area (Å²) in [5.41, 5.74) is -0.132. The lowest BCUT2D eigenvalue weighted by atomic mass is 10.1. The van der Waals surface area contributed by atoms with Crippen LogP contribution < -0.4 is 5.32 Å². The molecule has 0 aromatic heterocycles. The highest BCUT2D eigenvalue weighted by molar-refractivity contribution is 5.80. The number of carboxylic acid groups (broad SMARTS) is 1. The lowest BCUT2D eigenvalue weighted by Gasteiger charge is -2.32. The number of carbonyl (C=O) groups is 3. The van der Waals surface area contributed by atoms with Gasteiger partial charge in [-0.3, -0.25) is 4.48 Å². The van der Waals surface area contributed by atoms with Crippen LogP contribution in [-0.4, -0.2) is 60.3 Å². The summed E-state index contributed by atoms with van der Waals surface area (Å²) in [6.07, 6.45) is 0.0781. The van der Waals surface area contributed by atoms with Gasteiger partial charge in [0.2, 0.25) is 0 Å². The second-order valence-corrected chi connectivity index (χ2v) is 6.92. The van der Waals surface area contributed by atoms with Crippen LogP contribution in [-0.2, 0) is 20.7 Å². The molecule has 2 amide bonds. The fourth-order valence-electron chi connectivity index (χ4n) is 2.52. The van der Waals surface area contributed by atoms with Crippen molar-refractivity contribution in [2.75, 3.05) is 20.6 Å². The van der Waals surface area contributed by atoms with Crippen LogP contribution in [0.15, 0.2) is 30.3 Å². The van der Waals surface area contributed by atoms with Gasteiger partial charge in [0, 0.05) is 6.42 Å². The molecule has 0 saturated heterocycles. The summed E-state index contributed by atoms with van der Waals surface area (Å²) in [5.74, 6) is -1.14. The lowest BCUT2D eigenvalue weighted by Crippen LogP contribution is -2.52. The molecule has 132 valence electrons. The summed E-state index contributed by atoms with van der Waals surface area (Å²) < 4.78 is 5.33. The number of likely N-dealkylation sites (N-methyl/N-ethyl adjacent to an activating group) is 1. The SMILES string of the molecule is CC(C)(C[N+](C)(C)C=O)OC(=O)N[C@@H](Cc1ccccc1)C(=O)O. The van der Waals surface area contributed by atoms with Crippen LogP contribution in [0.4, 0.5) is 4.79 Å². The molecule has 0 aliphatic carbocycles. The first-order chi connectivity index (χ1) is 11.0. The van der Waals surface area contributed by atoms with Crippen molar-refractivity contribution in [2.45, 2.75) is 31.9 Å². The number of rotatable bonds is 8. The Morgan fingerprint density at radius 3 is 2.38 bits per heavy atom. The standard InChI is InChI=1S/C17H24N2O5/c1-17(2,11-19(3,4)12-20)24-16(23)18-14(15(21)22)10-13-8-6-5-7-9-13/h5-9,12,14H,10-11H2,1-4H3,(H-,18,21,22,23)/p+1/t14-/m0/s1. The van der Waals surface area contributed by atoms with Crippen molar-refractivity contribution in [1.82, 2.24) is 5.32 Å². The maximum absolute atomic E-state index is 12.0. The topological polar surface area (TPSA) is 92.7 Å². The smallest absolute Gasteiger partial charge is 0.408 e. The molecule has 2 N–H and O–H groups in total. The highest BCUT2D eigenvalue weighted by Gasteiger charge is 2.33. The molecule has 0 aliphatic heterocycles. The number of nitrogens with one attached hydrogen (secondary N) is 1. The van der Waals surface area contributed by atoms with E-state index in [1.165, 1.54) is 0 Å². The molecule has 0 aliphatic rings. The molecule has 24 heavy (non-hydrogen) atoms. The molecule has 7 heteroatoms. The summed E-state index contributed by atoms with van der Waals surface area (Å²) in [6, 6.07) is 7.92. The van der Waals surface area contributed by atoms with E-state index in [4.69, 9.17) is 4.74 Å². The molecular formula is C17H25N2O5+. The Hall–Kier alpha value is -2.41. The van der Waals surface area contributed by atoms with E-state index in [9.17, 15) is 19.5 Å². The highest BCUT2D eigenvalue weighted by atomic mass is 16.6. The minimum Gasteiger partial charge on any atom is -0.480 e. The van der Waals surface area contributed by atoms with Crippen LogP contribution in [0.3, 0.4) is 0 Å². The Balaban J connectivity index is 2.69. The largest absolute Gasteiger partial charge is 0.480 e. The van der Waals surface area contributed by atoms with Crippen LogP contribution in [0.2, 0.25) is 0 Å².